The van der Waals surface area contributed by atoms with Crippen LogP contribution in [-0.4, -0.2) is 20.8 Å². The maximum Gasteiger partial charge on any atom is 0.355 e. The lowest BCUT2D eigenvalue weighted by Crippen LogP contribution is -2.30. The van der Waals surface area contributed by atoms with Gasteiger partial charge in [-0.25, -0.2) is 14.4 Å². The Hall–Kier alpha value is -3.60. The fraction of sp³-hybridized carbons (Fsp3) is 0.0556. The number of hydrogen-bond donors (Lipinski definition) is 3. The molecule has 1 heterocycles. The second-order valence-corrected chi connectivity index (χ2v) is 6.74. The van der Waals surface area contributed by atoms with E-state index in [0.29, 0.717) is 10.0 Å². The summed E-state index contributed by atoms with van der Waals surface area (Å²) in [4.78, 5) is 30.8. The number of carbonyl (C=O) groups is 1. The summed E-state index contributed by atoms with van der Waals surface area (Å²) in [6, 6.07) is 11.0. The first-order valence-corrected chi connectivity index (χ1v) is 8.99. The SMILES string of the molecule is Cc1ccccc1C(=O)NNc1ncnc(Nc2ccc(Br)cc2F)c1[N+](=O)[O-]. The summed E-state index contributed by atoms with van der Waals surface area (Å²) in [5, 5.41) is 14.1. The molecule has 3 N–H and O–H groups in total. The molecule has 3 rings (SSSR count). The molecule has 0 atom stereocenters. The largest absolute Gasteiger partial charge is 0.355 e. The second-order valence-electron chi connectivity index (χ2n) is 5.82. The number of amides is 1. The van der Waals surface area contributed by atoms with Crippen LogP contribution in [0.4, 0.5) is 27.4 Å². The quantitative estimate of drug-likeness (QED) is 0.373. The maximum absolute atomic E-state index is 14.1. The number of halogens is 2. The molecule has 0 saturated carbocycles. The summed E-state index contributed by atoms with van der Waals surface area (Å²) in [5.74, 6) is -1.62. The summed E-state index contributed by atoms with van der Waals surface area (Å²) in [6.07, 6.45) is 1.05. The molecule has 1 aromatic heterocycles. The Bertz CT molecular complexity index is 1090. The first kappa shape index (κ1) is 20.1. The molecule has 1 amide bonds. The highest BCUT2D eigenvalue weighted by atomic mass is 79.9. The van der Waals surface area contributed by atoms with E-state index in [1.807, 2.05) is 0 Å². The third-order valence-electron chi connectivity index (χ3n) is 3.87. The molecule has 0 spiro atoms. The summed E-state index contributed by atoms with van der Waals surface area (Å²) in [6.45, 7) is 1.76. The Morgan fingerprint density at radius 3 is 2.59 bits per heavy atom. The van der Waals surface area contributed by atoms with Crippen LogP contribution in [0, 0.1) is 22.9 Å². The number of aryl methyl sites for hydroxylation is 1. The molecule has 0 saturated heterocycles. The highest BCUT2D eigenvalue weighted by Gasteiger charge is 2.24. The minimum Gasteiger partial charge on any atom is -0.332 e. The van der Waals surface area contributed by atoms with Crippen molar-refractivity contribution in [1.29, 1.82) is 0 Å². The smallest absolute Gasteiger partial charge is 0.332 e. The monoisotopic (exact) mass is 460 g/mol. The van der Waals surface area contributed by atoms with Crippen LogP contribution in [0.15, 0.2) is 53.3 Å². The molecule has 0 unspecified atom stereocenters. The minimum atomic E-state index is -0.735. The van der Waals surface area contributed by atoms with Crippen LogP contribution in [0.5, 0.6) is 0 Å². The number of nitrogens with one attached hydrogen (secondary N) is 3. The lowest BCUT2D eigenvalue weighted by atomic mass is 10.1. The van der Waals surface area contributed by atoms with Crippen molar-refractivity contribution in [2.24, 2.45) is 0 Å². The van der Waals surface area contributed by atoms with Crippen molar-refractivity contribution in [1.82, 2.24) is 15.4 Å². The number of carbonyl (C=O) groups excluding carboxylic acids is 1. The van der Waals surface area contributed by atoms with Gasteiger partial charge in [-0.05, 0) is 36.8 Å². The molecule has 0 aliphatic carbocycles. The zero-order chi connectivity index (χ0) is 21.0. The van der Waals surface area contributed by atoms with Gasteiger partial charge in [-0.1, -0.05) is 34.1 Å². The first-order chi connectivity index (χ1) is 13.9. The van der Waals surface area contributed by atoms with Gasteiger partial charge in [0.05, 0.1) is 10.6 Å². The standard InChI is InChI=1S/C18H14BrFN6O3/c1-10-4-2-3-5-12(10)18(27)25-24-17-15(26(28)29)16(21-9-22-17)23-14-7-6-11(19)8-13(14)20/h2-9H,1H3,(H,25,27)(H2,21,22,23,24). The molecule has 0 fully saturated rings. The van der Waals surface area contributed by atoms with Gasteiger partial charge in [-0.2, -0.15) is 0 Å². The summed E-state index contributed by atoms with van der Waals surface area (Å²) in [7, 11) is 0. The van der Waals surface area contributed by atoms with E-state index in [4.69, 9.17) is 0 Å². The molecule has 11 heteroatoms. The van der Waals surface area contributed by atoms with Crippen LogP contribution in [0.3, 0.4) is 0 Å². The van der Waals surface area contributed by atoms with Gasteiger partial charge in [-0.15, -0.1) is 0 Å². The maximum atomic E-state index is 14.1. The fourth-order valence-corrected chi connectivity index (χ4v) is 2.80. The molecule has 0 bridgehead atoms. The van der Waals surface area contributed by atoms with Crippen LogP contribution in [0.1, 0.15) is 15.9 Å². The molecular weight excluding hydrogens is 447 g/mol. The number of anilines is 3. The normalized spacial score (nSPS) is 10.3. The van der Waals surface area contributed by atoms with Crippen molar-refractivity contribution >= 4 is 44.8 Å². The van der Waals surface area contributed by atoms with E-state index in [9.17, 15) is 19.3 Å². The Labute approximate surface area is 172 Å². The highest BCUT2D eigenvalue weighted by molar-refractivity contribution is 9.10. The van der Waals surface area contributed by atoms with Crippen LogP contribution in [-0.2, 0) is 0 Å². The predicted molar refractivity (Wildman–Crippen MR) is 108 cm³/mol. The topological polar surface area (TPSA) is 122 Å². The summed E-state index contributed by atoms with van der Waals surface area (Å²) < 4.78 is 14.6. The van der Waals surface area contributed by atoms with Crippen LogP contribution in [0.25, 0.3) is 0 Å². The van der Waals surface area contributed by atoms with Crippen LogP contribution >= 0.6 is 15.9 Å². The van der Waals surface area contributed by atoms with Gasteiger partial charge in [0.1, 0.15) is 12.1 Å². The van der Waals surface area contributed by atoms with Crippen molar-refractivity contribution < 1.29 is 14.1 Å². The third kappa shape index (κ3) is 4.63. The number of nitrogens with zero attached hydrogens (tertiary/aromatic N) is 3. The van der Waals surface area contributed by atoms with E-state index < -0.39 is 22.3 Å². The summed E-state index contributed by atoms with van der Waals surface area (Å²) in [5.41, 5.74) is 5.37. The molecule has 29 heavy (non-hydrogen) atoms. The number of nitro groups is 1. The summed E-state index contributed by atoms with van der Waals surface area (Å²) >= 11 is 3.14. The Kier molecular flexibility index (Phi) is 5.98. The first-order valence-electron chi connectivity index (χ1n) is 8.20. The average molecular weight is 461 g/mol. The van der Waals surface area contributed by atoms with E-state index >= 15 is 0 Å². The van der Waals surface area contributed by atoms with Crippen molar-refractivity contribution in [3.05, 3.63) is 80.3 Å². The molecule has 2 aromatic carbocycles. The van der Waals surface area contributed by atoms with Crippen LogP contribution in [0.2, 0.25) is 0 Å². The lowest BCUT2D eigenvalue weighted by molar-refractivity contribution is -0.383. The number of benzene rings is 2. The van der Waals surface area contributed by atoms with E-state index in [1.54, 1.807) is 37.3 Å². The Morgan fingerprint density at radius 1 is 1.17 bits per heavy atom. The highest BCUT2D eigenvalue weighted by Crippen LogP contribution is 2.32. The van der Waals surface area contributed by atoms with Gasteiger partial charge in [0.15, 0.2) is 0 Å². The van der Waals surface area contributed by atoms with Gasteiger partial charge in [0.25, 0.3) is 5.91 Å². The van der Waals surface area contributed by atoms with Gasteiger partial charge in [0, 0.05) is 10.0 Å². The lowest BCUT2D eigenvalue weighted by Gasteiger charge is -2.12. The Morgan fingerprint density at radius 2 is 1.90 bits per heavy atom. The Balaban J connectivity index is 1.86. The molecule has 148 valence electrons. The third-order valence-corrected chi connectivity index (χ3v) is 4.37. The molecule has 9 nitrogen and oxygen atoms in total. The van der Waals surface area contributed by atoms with Gasteiger partial charge in [0.2, 0.25) is 11.6 Å². The number of rotatable bonds is 6. The number of hydrazine groups is 1. The fourth-order valence-electron chi connectivity index (χ4n) is 2.46. The van der Waals surface area contributed by atoms with Crippen molar-refractivity contribution in [2.45, 2.75) is 6.92 Å². The van der Waals surface area contributed by atoms with Crippen molar-refractivity contribution in [3.8, 4) is 0 Å². The molecule has 0 radical (unpaired) electrons. The molecule has 0 aliphatic rings. The zero-order valence-corrected chi connectivity index (χ0v) is 16.5. The molecule has 3 aromatic rings. The van der Waals surface area contributed by atoms with E-state index in [-0.39, 0.29) is 17.3 Å². The van der Waals surface area contributed by atoms with Gasteiger partial charge >= 0.3 is 5.69 Å². The van der Waals surface area contributed by atoms with E-state index in [2.05, 4.69) is 42.1 Å². The number of aromatic nitrogens is 2. The predicted octanol–water partition coefficient (Wildman–Crippen LogP) is 4.10. The van der Waals surface area contributed by atoms with Crippen molar-refractivity contribution in [2.75, 3.05) is 10.7 Å². The van der Waals surface area contributed by atoms with Crippen LogP contribution < -0.4 is 16.2 Å². The van der Waals surface area contributed by atoms with E-state index in [1.165, 1.54) is 12.1 Å². The molecule has 0 aliphatic heterocycles. The zero-order valence-electron chi connectivity index (χ0n) is 14.9. The van der Waals surface area contributed by atoms with E-state index in [0.717, 1.165) is 11.9 Å². The van der Waals surface area contributed by atoms with Gasteiger partial charge < -0.3 is 5.32 Å². The number of hydrogen-bond acceptors (Lipinski definition) is 7. The van der Waals surface area contributed by atoms with Gasteiger partial charge in [-0.3, -0.25) is 25.8 Å². The molecular formula is C18H14BrFN6O3. The van der Waals surface area contributed by atoms with Crippen molar-refractivity contribution in [3.63, 3.8) is 0 Å². The minimum absolute atomic E-state index is 0.00936. The second kappa shape index (κ2) is 8.61. The average Bonchev–Trinajstić information content (AvgIpc) is 2.68.